The minimum absolute atomic E-state index is 0.0109. The lowest BCUT2D eigenvalue weighted by atomic mass is 9.93. The molecule has 0 amide bonds. The van der Waals surface area contributed by atoms with Crippen molar-refractivity contribution in [2.75, 3.05) is 11.9 Å². The van der Waals surface area contributed by atoms with E-state index in [0.29, 0.717) is 15.8 Å². The van der Waals surface area contributed by atoms with Crippen LogP contribution in [0.2, 0.25) is 0 Å². The highest BCUT2D eigenvalue weighted by Gasteiger charge is 2.27. The van der Waals surface area contributed by atoms with E-state index in [-0.39, 0.29) is 5.43 Å². The Morgan fingerprint density at radius 3 is 2.84 bits per heavy atom. The lowest BCUT2D eigenvalue weighted by Gasteiger charge is -2.19. The van der Waals surface area contributed by atoms with Crippen molar-refractivity contribution in [3.63, 3.8) is 0 Å². The number of aromatic nitrogens is 1. The first-order valence-corrected chi connectivity index (χ1v) is 8.97. The molecule has 120 valence electrons. The molecule has 2 aromatic rings. The van der Waals surface area contributed by atoms with E-state index < -0.39 is 0 Å². The van der Waals surface area contributed by atoms with Gasteiger partial charge in [-0.2, -0.15) is 5.26 Å². The van der Waals surface area contributed by atoms with E-state index in [9.17, 15) is 10.1 Å². The fourth-order valence-electron chi connectivity index (χ4n) is 3.71. The second-order valence-electron chi connectivity index (χ2n) is 6.09. The van der Waals surface area contributed by atoms with Crippen LogP contribution in [0, 0.1) is 11.3 Å². The molecule has 5 heteroatoms. The van der Waals surface area contributed by atoms with Gasteiger partial charge in [0, 0.05) is 24.0 Å². The summed E-state index contributed by atoms with van der Waals surface area (Å²) in [6.45, 7) is 1.59. The van der Waals surface area contributed by atoms with Gasteiger partial charge in [-0.15, -0.1) is 11.3 Å². The van der Waals surface area contributed by atoms with E-state index in [2.05, 4.69) is 28.1 Å². The van der Waals surface area contributed by atoms with Crippen molar-refractivity contribution < 1.29 is 0 Å². The molecule has 0 unspecified atom stereocenters. The fourth-order valence-corrected chi connectivity index (χ4v) is 4.55. The summed E-state index contributed by atoms with van der Waals surface area (Å²) in [5.41, 5.74) is 4.06. The van der Waals surface area contributed by atoms with Crippen LogP contribution in [0.1, 0.15) is 5.56 Å². The lowest BCUT2D eigenvalue weighted by molar-refractivity contribution is 0.810. The van der Waals surface area contributed by atoms with Gasteiger partial charge in [-0.05, 0) is 23.1 Å². The molecule has 1 aliphatic carbocycles. The largest absolute Gasteiger partial charge is 0.369 e. The van der Waals surface area contributed by atoms with Crippen molar-refractivity contribution in [1.29, 1.82) is 5.26 Å². The van der Waals surface area contributed by atoms with Gasteiger partial charge in [0.1, 0.15) is 11.9 Å². The van der Waals surface area contributed by atoms with Crippen molar-refractivity contribution in [3.8, 4) is 28.5 Å². The SMILES string of the molecule is N#Cc1c2cc(-c3ccccc3)n3c(c-2c(=O)c2sccc12)NCC3. The highest BCUT2D eigenvalue weighted by atomic mass is 32.1. The van der Waals surface area contributed by atoms with Crippen LogP contribution in [0.5, 0.6) is 0 Å². The summed E-state index contributed by atoms with van der Waals surface area (Å²) in [7, 11) is 0. The third-order valence-corrected chi connectivity index (χ3v) is 5.71. The molecule has 1 aromatic carbocycles. The average molecular weight is 343 g/mol. The second kappa shape index (κ2) is 5.20. The molecule has 2 aliphatic heterocycles. The first-order chi connectivity index (χ1) is 12.3. The summed E-state index contributed by atoms with van der Waals surface area (Å²) in [5, 5.41) is 15.8. The van der Waals surface area contributed by atoms with Crippen LogP contribution in [0.15, 0.2) is 52.6 Å². The Balaban J connectivity index is 2.01. The molecule has 25 heavy (non-hydrogen) atoms. The molecule has 0 bridgehead atoms. The van der Waals surface area contributed by atoms with Crippen LogP contribution in [0.25, 0.3) is 32.5 Å². The molecule has 3 aliphatic rings. The highest BCUT2D eigenvalue weighted by Crippen LogP contribution is 2.40. The molecule has 5 rings (SSSR count). The monoisotopic (exact) mass is 343 g/mol. The van der Waals surface area contributed by atoms with Gasteiger partial charge in [0.25, 0.3) is 0 Å². The summed E-state index contributed by atoms with van der Waals surface area (Å²) in [6.07, 6.45) is 0. The number of fused-ring (bicyclic) bond motifs is 4. The number of rotatable bonds is 1. The van der Waals surface area contributed by atoms with Crippen LogP contribution in [-0.2, 0) is 6.54 Å². The third kappa shape index (κ3) is 1.89. The first-order valence-electron chi connectivity index (χ1n) is 8.09. The van der Waals surface area contributed by atoms with Crippen molar-refractivity contribution in [2.24, 2.45) is 0 Å². The van der Waals surface area contributed by atoms with Gasteiger partial charge in [0.15, 0.2) is 0 Å². The van der Waals surface area contributed by atoms with Crippen LogP contribution in [-0.4, -0.2) is 11.1 Å². The van der Waals surface area contributed by atoms with Gasteiger partial charge >= 0.3 is 0 Å². The quantitative estimate of drug-likeness (QED) is 0.565. The molecule has 0 radical (unpaired) electrons. The molecule has 4 nitrogen and oxygen atoms in total. The Hall–Kier alpha value is -3.10. The average Bonchev–Trinajstić information content (AvgIpc) is 3.31. The molecule has 1 aromatic heterocycles. The highest BCUT2D eigenvalue weighted by molar-refractivity contribution is 7.17. The topological polar surface area (TPSA) is 57.8 Å². The van der Waals surface area contributed by atoms with Crippen molar-refractivity contribution in [2.45, 2.75) is 6.54 Å². The Labute approximate surface area is 147 Å². The normalized spacial score (nSPS) is 12.9. The maximum Gasteiger partial charge on any atom is 0.207 e. The lowest BCUT2D eigenvalue weighted by Crippen LogP contribution is -2.13. The molecular formula is C20H13N3OS. The minimum atomic E-state index is 0.0109. The zero-order chi connectivity index (χ0) is 17.0. The van der Waals surface area contributed by atoms with Gasteiger partial charge in [-0.1, -0.05) is 30.3 Å². The summed E-state index contributed by atoms with van der Waals surface area (Å²) < 4.78 is 2.81. The Morgan fingerprint density at radius 2 is 2.04 bits per heavy atom. The van der Waals surface area contributed by atoms with Crippen LogP contribution >= 0.6 is 11.3 Å². The number of thiophene rings is 1. The molecule has 0 saturated carbocycles. The number of anilines is 1. The number of nitriles is 1. The standard InChI is InChI=1S/C20H13N3OS/c21-11-15-13-6-9-25-19(13)18(24)17-14(15)10-16(12-4-2-1-3-5-12)23-8-7-22-20(17)23/h1-6,9-10,22H,7-8H2. The number of hydrogen-bond acceptors (Lipinski definition) is 4. The maximum atomic E-state index is 13.1. The van der Waals surface area contributed by atoms with Crippen LogP contribution in [0.3, 0.4) is 0 Å². The molecule has 1 N–H and O–H groups in total. The fraction of sp³-hybridized carbons (Fsp3) is 0.100. The smallest absolute Gasteiger partial charge is 0.207 e. The Bertz CT molecular complexity index is 1200. The van der Waals surface area contributed by atoms with Crippen molar-refractivity contribution in [1.82, 2.24) is 4.57 Å². The predicted octanol–water partition coefficient (Wildman–Crippen LogP) is 4.13. The molecule has 3 heterocycles. The number of hydrogen-bond donors (Lipinski definition) is 1. The van der Waals surface area contributed by atoms with E-state index in [1.807, 2.05) is 35.7 Å². The third-order valence-electron chi connectivity index (χ3n) is 4.79. The molecule has 0 spiro atoms. The Kier molecular flexibility index (Phi) is 2.97. The summed E-state index contributed by atoms with van der Waals surface area (Å²) >= 11 is 1.40. The summed E-state index contributed by atoms with van der Waals surface area (Å²) in [4.78, 5) is 13.1. The zero-order valence-corrected chi connectivity index (χ0v) is 14.1. The van der Waals surface area contributed by atoms with E-state index in [1.165, 1.54) is 11.3 Å². The summed E-state index contributed by atoms with van der Waals surface area (Å²) in [6, 6.07) is 16.3. The van der Waals surface area contributed by atoms with Gasteiger partial charge < -0.3 is 9.88 Å². The molecule has 0 atom stereocenters. The van der Waals surface area contributed by atoms with E-state index in [1.54, 1.807) is 0 Å². The maximum absolute atomic E-state index is 13.1. The van der Waals surface area contributed by atoms with E-state index in [4.69, 9.17) is 0 Å². The van der Waals surface area contributed by atoms with Gasteiger partial charge in [-0.3, -0.25) is 4.79 Å². The van der Waals surface area contributed by atoms with E-state index in [0.717, 1.165) is 41.1 Å². The number of nitrogens with one attached hydrogen (secondary N) is 1. The zero-order valence-electron chi connectivity index (χ0n) is 13.2. The number of nitrogens with zero attached hydrogens (tertiary/aromatic N) is 2. The first kappa shape index (κ1) is 14.3. The number of pyridine rings is 1. The minimum Gasteiger partial charge on any atom is -0.369 e. The van der Waals surface area contributed by atoms with Gasteiger partial charge in [0.2, 0.25) is 5.43 Å². The number of benzene rings is 2. The second-order valence-corrected chi connectivity index (χ2v) is 7.01. The Morgan fingerprint density at radius 1 is 1.20 bits per heavy atom. The van der Waals surface area contributed by atoms with Crippen LogP contribution in [0.4, 0.5) is 5.82 Å². The van der Waals surface area contributed by atoms with Gasteiger partial charge in [0.05, 0.1) is 21.5 Å². The molecule has 0 saturated heterocycles. The van der Waals surface area contributed by atoms with Crippen LogP contribution < -0.4 is 10.7 Å². The van der Waals surface area contributed by atoms with Crippen molar-refractivity contribution in [3.05, 3.63) is 63.6 Å². The van der Waals surface area contributed by atoms with Crippen molar-refractivity contribution >= 4 is 27.2 Å². The predicted molar refractivity (Wildman–Crippen MR) is 101 cm³/mol. The summed E-state index contributed by atoms with van der Waals surface area (Å²) in [5.74, 6) is 0.827. The van der Waals surface area contributed by atoms with E-state index >= 15 is 0 Å². The van der Waals surface area contributed by atoms with Gasteiger partial charge in [-0.25, -0.2) is 0 Å². The molecular weight excluding hydrogens is 330 g/mol. The molecule has 0 fully saturated rings.